The number of nitrogens with one attached hydrogen (secondary N) is 2. The molecule has 0 spiro atoms. The molecule has 0 radical (unpaired) electrons. The van der Waals surface area contributed by atoms with Crippen LogP contribution in [0.25, 0.3) is 0 Å². The van der Waals surface area contributed by atoms with Gasteiger partial charge in [0.1, 0.15) is 0 Å². The average molecular weight is 321 g/mol. The molecule has 2 N–H and O–H groups in total. The van der Waals surface area contributed by atoms with Gasteiger partial charge >= 0.3 is 0 Å². The maximum absolute atomic E-state index is 12.3. The molecule has 0 aliphatic rings. The number of anilines is 1. The van der Waals surface area contributed by atoms with Gasteiger partial charge in [0.2, 0.25) is 5.91 Å². The fourth-order valence-electron chi connectivity index (χ4n) is 1.89. The van der Waals surface area contributed by atoms with Crippen molar-refractivity contribution >= 4 is 23.4 Å². The molecule has 7 nitrogen and oxygen atoms in total. The van der Waals surface area contributed by atoms with E-state index in [0.29, 0.717) is 24.3 Å². The number of rotatable bonds is 7. The summed E-state index contributed by atoms with van der Waals surface area (Å²) >= 11 is 0. The van der Waals surface area contributed by atoms with Gasteiger partial charge < -0.3 is 10.2 Å². The normalized spacial score (nSPS) is 11.5. The second-order valence-corrected chi connectivity index (χ2v) is 4.97. The van der Waals surface area contributed by atoms with E-state index in [-0.39, 0.29) is 5.91 Å². The minimum atomic E-state index is -0.860. The minimum absolute atomic E-state index is 0.0892. The van der Waals surface area contributed by atoms with Crippen LogP contribution in [-0.4, -0.2) is 41.8 Å². The first-order valence-electron chi connectivity index (χ1n) is 7.51. The second kappa shape index (κ2) is 8.89. The van der Waals surface area contributed by atoms with Crippen LogP contribution in [0.5, 0.6) is 0 Å². The van der Waals surface area contributed by atoms with Crippen molar-refractivity contribution in [2.75, 3.05) is 18.4 Å². The van der Waals surface area contributed by atoms with Gasteiger partial charge in [-0.1, -0.05) is 6.07 Å². The van der Waals surface area contributed by atoms with Gasteiger partial charge in [0.25, 0.3) is 11.8 Å². The molecule has 0 bridgehead atoms. The van der Waals surface area contributed by atoms with Crippen molar-refractivity contribution in [3.63, 3.8) is 0 Å². The maximum atomic E-state index is 12.3. The Morgan fingerprint density at radius 3 is 2.43 bits per heavy atom. The highest BCUT2D eigenvalue weighted by Gasteiger charge is 2.16. The van der Waals surface area contributed by atoms with Crippen LogP contribution >= 0.6 is 0 Å². The number of hydroxylamine groups is 1. The first-order chi connectivity index (χ1) is 10.9. The van der Waals surface area contributed by atoms with Crippen LogP contribution in [0.4, 0.5) is 5.69 Å². The summed E-state index contributed by atoms with van der Waals surface area (Å²) in [6, 6.07) is 6.70. The Hall–Kier alpha value is -2.41. The molecule has 1 unspecified atom stereocenters. The molecule has 3 amide bonds. The maximum Gasteiger partial charge on any atom is 0.255 e. The molecule has 7 heteroatoms. The lowest BCUT2D eigenvalue weighted by atomic mass is 10.1. The minimum Gasteiger partial charge on any atom is -0.339 e. The molecule has 1 atom stereocenters. The van der Waals surface area contributed by atoms with Crippen molar-refractivity contribution < 1.29 is 19.2 Å². The molecule has 1 aromatic rings. The molecular formula is C16H23N3O4. The number of amides is 3. The molecular weight excluding hydrogens is 298 g/mol. The van der Waals surface area contributed by atoms with Crippen molar-refractivity contribution in [2.24, 2.45) is 0 Å². The fourth-order valence-corrected chi connectivity index (χ4v) is 1.89. The third-order valence-corrected chi connectivity index (χ3v) is 3.18. The van der Waals surface area contributed by atoms with Gasteiger partial charge in [0, 0.05) is 31.3 Å². The Bertz CT molecular complexity index is 570. The van der Waals surface area contributed by atoms with Gasteiger partial charge in [-0.2, -0.15) is 0 Å². The van der Waals surface area contributed by atoms with E-state index in [1.165, 1.54) is 13.8 Å². The smallest absolute Gasteiger partial charge is 0.255 e. The van der Waals surface area contributed by atoms with Gasteiger partial charge in [-0.05, 0) is 39.0 Å². The van der Waals surface area contributed by atoms with Crippen LogP contribution < -0.4 is 10.8 Å². The second-order valence-electron chi connectivity index (χ2n) is 4.97. The van der Waals surface area contributed by atoms with E-state index in [4.69, 9.17) is 4.84 Å². The van der Waals surface area contributed by atoms with Crippen molar-refractivity contribution in [1.29, 1.82) is 0 Å². The highest BCUT2D eigenvalue weighted by Crippen LogP contribution is 2.13. The topological polar surface area (TPSA) is 87.7 Å². The lowest BCUT2D eigenvalue weighted by Crippen LogP contribution is -2.34. The number of hydrogen-bond donors (Lipinski definition) is 2. The highest BCUT2D eigenvalue weighted by atomic mass is 16.7. The van der Waals surface area contributed by atoms with Gasteiger partial charge in [-0.3, -0.25) is 19.2 Å². The van der Waals surface area contributed by atoms with Gasteiger partial charge in [-0.25, -0.2) is 5.48 Å². The summed E-state index contributed by atoms with van der Waals surface area (Å²) in [5.74, 6) is -0.906. The van der Waals surface area contributed by atoms with Gasteiger partial charge in [0.15, 0.2) is 6.10 Å². The monoisotopic (exact) mass is 321 g/mol. The Morgan fingerprint density at radius 2 is 1.87 bits per heavy atom. The Balaban J connectivity index is 2.75. The summed E-state index contributed by atoms with van der Waals surface area (Å²) in [6.07, 6.45) is -0.860. The number of nitrogens with zero attached hydrogens (tertiary/aromatic N) is 1. The first kappa shape index (κ1) is 18.6. The van der Waals surface area contributed by atoms with Crippen LogP contribution in [0, 0.1) is 0 Å². The van der Waals surface area contributed by atoms with Crippen LogP contribution in [0.1, 0.15) is 38.1 Å². The first-order valence-corrected chi connectivity index (χ1v) is 7.51. The third kappa shape index (κ3) is 5.71. The van der Waals surface area contributed by atoms with Crippen LogP contribution in [0.3, 0.4) is 0 Å². The average Bonchev–Trinajstić information content (AvgIpc) is 2.53. The molecule has 23 heavy (non-hydrogen) atoms. The number of benzene rings is 1. The van der Waals surface area contributed by atoms with E-state index < -0.39 is 17.9 Å². The van der Waals surface area contributed by atoms with Gasteiger partial charge in [0.05, 0.1) is 0 Å². The standard InChI is InChI=1S/C16H23N3O4/c1-5-19(6-2)16(22)13-8-7-9-14(10-13)17-15(21)11(3)23-18-12(4)20/h7-11H,5-6H2,1-4H3,(H,17,21)(H,18,20). The number of carbonyl (C=O) groups is 3. The van der Waals surface area contributed by atoms with E-state index in [1.807, 2.05) is 13.8 Å². The summed E-state index contributed by atoms with van der Waals surface area (Å²) < 4.78 is 0. The zero-order valence-corrected chi connectivity index (χ0v) is 13.9. The van der Waals surface area contributed by atoms with Crippen molar-refractivity contribution in [1.82, 2.24) is 10.4 Å². The zero-order valence-electron chi connectivity index (χ0n) is 13.9. The molecule has 126 valence electrons. The van der Waals surface area contributed by atoms with Crippen molar-refractivity contribution in [2.45, 2.75) is 33.8 Å². The largest absolute Gasteiger partial charge is 0.339 e. The fraction of sp³-hybridized carbons (Fsp3) is 0.438. The van der Waals surface area contributed by atoms with Crippen molar-refractivity contribution in [3.8, 4) is 0 Å². The molecule has 0 fully saturated rings. The predicted octanol–water partition coefficient (Wildman–Crippen LogP) is 1.56. The summed E-state index contributed by atoms with van der Waals surface area (Å²) in [5.41, 5.74) is 3.10. The SMILES string of the molecule is CCN(CC)C(=O)c1cccc(NC(=O)C(C)ONC(C)=O)c1. The Labute approximate surface area is 135 Å². The van der Waals surface area contributed by atoms with Crippen LogP contribution in [-0.2, 0) is 14.4 Å². The van der Waals surface area contributed by atoms with Crippen LogP contribution in [0.15, 0.2) is 24.3 Å². The molecule has 0 heterocycles. The predicted molar refractivity (Wildman–Crippen MR) is 86.7 cm³/mol. The zero-order chi connectivity index (χ0) is 17.4. The molecule has 0 aliphatic heterocycles. The molecule has 0 aromatic heterocycles. The quantitative estimate of drug-likeness (QED) is 0.746. The van der Waals surface area contributed by atoms with E-state index in [9.17, 15) is 14.4 Å². The Morgan fingerprint density at radius 1 is 1.22 bits per heavy atom. The molecule has 1 aromatic carbocycles. The molecule has 0 saturated carbocycles. The number of carbonyl (C=O) groups excluding carboxylic acids is 3. The van der Waals surface area contributed by atoms with E-state index in [2.05, 4.69) is 10.8 Å². The lowest BCUT2D eigenvalue weighted by molar-refractivity contribution is -0.142. The summed E-state index contributed by atoms with van der Waals surface area (Å²) in [6.45, 7) is 7.85. The van der Waals surface area contributed by atoms with Crippen LogP contribution in [0.2, 0.25) is 0 Å². The lowest BCUT2D eigenvalue weighted by Gasteiger charge is -2.19. The highest BCUT2D eigenvalue weighted by molar-refractivity contribution is 5.98. The summed E-state index contributed by atoms with van der Waals surface area (Å²) in [4.78, 5) is 41.6. The molecule has 0 aliphatic carbocycles. The molecule has 0 saturated heterocycles. The van der Waals surface area contributed by atoms with E-state index in [1.54, 1.807) is 29.2 Å². The van der Waals surface area contributed by atoms with E-state index in [0.717, 1.165) is 0 Å². The van der Waals surface area contributed by atoms with Crippen molar-refractivity contribution in [3.05, 3.63) is 29.8 Å². The number of hydrogen-bond acceptors (Lipinski definition) is 4. The van der Waals surface area contributed by atoms with Gasteiger partial charge in [-0.15, -0.1) is 0 Å². The molecule has 1 rings (SSSR count). The third-order valence-electron chi connectivity index (χ3n) is 3.18. The summed E-state index contributed by atoms with van der Waals surface area (Å²) in [5, 5.41) is 2.65. The summed E-state index contributed by atoms with van der Waals surface area (Å²) in [7, 11) is 0. The Kier molecular flexibility index (Phi) is 7.21. The van der Waals surface area contributed by atoms with E-state index >= 15 is 0 Å².